The first-order valence-corrected chi connectivity index (χ1v) is 6.60. The second-order valence-corrected chi connectivity index (χ2v) is 5.42. The fourth-order valence-corrected chi connectivity index (χ4v) is 3.29. The van der Waals surface area contributed by atoms with Crippen LogP contribution in [0.2, 0.25) is 0 Å². The quantitative estimate of drug-likeness (QED) is 0.508. The van der Waals surface area contributed by atoms with Crippen LogP contribution in [-0.2, 0) is 0 Å². The Morgan fingerprint density at radius 3 is 2.47 bits per heavy atom. The van der Waals surface area contributed by atoms with Gasteiger partial charge in [0.05, 0.1) is 0 Å². The third-order valence-electron chi connectivity index (χ3n) is 2.65. The lowest BCUT2D eigenvalue weighted by Gasteiger charge is -2.11. The molecule has 0 saturated heterocycles. The van der Waals surface area contributed by atoms with Crippen LogP contribution in [0.3, 0.4) is 0 Å². The van der Waals surface area contributed by atoms with Crippen molar-refractivity contribution in [3.05, 3.63) is 53.6 Å². The van der Waals surface area contributed by atoms with Gasteiger partial charge in [-0.3, -0.25) is 0 Å². The molecule has 80 valence electrons. The molecule has 2 rings (SSSR count). The smallest absolute Gasteiger partial charge is 0.0394 e. The van der Waals surface area contributed by atoms with Gasteiger partial charge in [-0.05, 0) is 22.9 Å². The maximum Gasteiger partial charge on any atom is 0.0394 e. The fourth-order valence-electron chi connectivity index (χ4n) is 1.83. The van der Waals surface area contributed by atoms with Crippen molar-refractivity contribution < 1.29 is 0 Å². The second-order valence-electron chi connectivity index (χ2n) is 3.76. The van der Waals surface area contributed by atoms with E-state index in [1.54, 1.807) is 0 Å². The monoisotopic (exact) mass is 232 g/mol. The van der Waals surface area contributed by atoms with Crippen LogP contribution in [0.5, 0.6) is 0 Å². The highest BCUT2D eigenvalue weighted by Crippen LogP contribution is 2.14. The van der Waals surface area contributed by atoms with Gasteiger partial charge in [0.1, 0.15) is 0 Å². The molecule has 0 fully saturated rings. The van der Waals surface area contributed by atoms with Crippen LogP contribution in [0.4, 0.5) is 0 Å². The molecular formula is C16H12Si. The van der Waals surface area contributed by atoms with Crippen LogP contribution in [0.1, 0.15) is 6.42 Å². The molecule has 0 radical (unpaired) electrons. The van der Waals surface area contributed by atoms with Gasteiger partial charge >= 0.3 is 0 Å². The lowest BCUT2D eigenvalue weighted by Crippen LogP contribution is -2.19. The van der Waals surface area contributed by atoms with Gasteiger partial charge in [0, 0.05) is 20.3 Å². The molecular weight excluding hydrogens is 220 g/mol. The minimum absolute atomic E-state index is 0.0560. The van der Waals surface area contributed by atoms with E-state index in [0.29, 0.717) is 0 Å². The van der Waals surface area contributed by atoms with Gasteiger partial charge in [0.15, 0.2) is 0 Å². The van der Waals surface area contributed by atoms with Gasteiger partial charge in [-0.1, -0.05) is 48.2 Å². The minimum Gasteiger partial charge on any atom is -0.115 e. The number of hydrogen-bond donors (Lipinski definition) is 0. The molecule has 0 atom stereocenters. The summed E-state index contributed by atoms with van der Waals surface area (Å²) in [5, 5.41) is 2.66. The Morgan fingerprint density at radius 1 is 1.06 bits per heavy atom. The molecule has 1 heteroatoms. The fraction of sp³-hybridized carbons (Fsp3) is 0.0625. The molecule has 0 N–H and O–H groups in total. The van der Waals surface area contributed by atoms with Crippen LogP contribution in [0.25, 0.3) is 0 Å². The highest BCUT2D eigenvalue weighted by molar-refractivity contribution is 6.69. The van der Waals surface area contributed by atoms with Gasteiger partial charge in [-0.15, -0.1) is 12.8 Å². The summed E-state index contributed by atoms with van der Waals surface area (Å²) in [4.78, 5) is 0. The molecule has 1 aromatic carbocycles. The zero-order chi connectivity index (χ0) is 12.1. The summed E-state index contributed by atoms with van der Waals surface area (Å²) in [6.07, 6.45) is 16.0. The first-order chi connectivity index (χ1) is 8.35. The summed E-state index contributed by atoms with van der Waals surface area (Å²) in [5.41, 5.74) is 1.77. The molecule has 17 heavy (non-hydrogen) atoms. The van der Waals surface area contributed by atoms with E-state index in [1.165, 1.54) is 10.4 Å². The van der Waals surface area contributed by atoms with E-state index in [2.05, 4.69) is 42.2 Å². The van der Waals surface area contributed by atoms with Crippen molar-refractivity contribution >= 4 is 19.5 Å². The molecule has 0 heterocycles. The summed E-state index contributed by atoms with van der Waals surface area (Å²) in [6.45, 7) is 0. The van der Waals surface area contributed by atoms with Crippen LogP contribution < -0.4 is 5.19 Å². The average molecular weight is 232 g/mol. The van der Waals surface area contributed by atoms with Crippen LogP contribution in [0.15, 0.2) is 53.6 Å². The normalized spacial score (nSPS) is 16.7. The molecule has 0 aliphatic heterocycles. The van der Waals surface area contributed by atoms with E-state index in [0.717, 1.165) is 17.6 Å². The topological polar surface area (TPSA) is 0 Å². The Labute approximate surface area is 105 Å². The maximum atomic E-state index is 5.57. The number of benzene rings is 1. The van der Waals surface area contributed by atoms with E-state index < -0.39 is 0 Å². The summed E-state index contributed by atoms with van der Waals surface area (Å²) < 4.78 is 0. The molecule has 0 aromatic heterocycles. The third kappa shape index (κ3) is 2.53. The Balaban J connectivity index is 2.46. The summed E-state index contributed by atoms with van der Waals surface area (Å²) in [6, 6.07) is 10.4. The van der Waals surface area contributed by atoms with Crippen molar-refractivity contribution in [1.82, 2.24) is 0 Å². The molecule has 0 saturated carbocycles. The van der Waals surface area contributed by atoms with Crippen molar-refractivity contribution in [3.63, 3.8) is 0 Å². The summed E-state index contributed by atoms with van der Waals surface area (Å²) >= 11 is 0. The largest absolute Gasteiger partial charge is 0.115 e. The van der Waals surface area contributed by atoms with Gasteiger partial charge in [0.2, 0.25) is 0 Å². The van der Waals surface area contributed by atoms with E-state index >= 15 is 0 Å². The Bertz CT molecular complexity index is 587. The Kier molecular flexibility index (Phi) is 3.55. The molecule has 0 nitrogen and oxygen atoms in total. The van der Waals surface area contributed by atoms with Crippen molar-refractivity contribution in [1.29, 1.82) is 0 Å². The van der Waals surface area contributed by atoms with Crippen LogP contribution in [-0.4, -0.2) is 14.3 Å². The molecule has 0 unspecified atom stereocenters. The second kappa shape index (κ2) is 5.30. The maximum absolute atomic E-state index is 5.57. The predicted molar refractivity (Wildman–Crippen MR) is 76.7 cm³/mol. The van der Waals surface area contributed by atoms with E-state index in [1.807, 2.05) is 12.1 Å². The van der Waals surface area contributed by atoms with Crippen molar-refractivity contribution in [2.75, 3.05) is 0 Å². The SMILES string of the molecule is C#CC1=C(C#C)C(=[SiH]c2ccccc2)CC=C1. The highest BCUT2D eigenvalue weighted by Gasteiger charge is 2.09. The Morgan fingerprint density at radius 2 is 1.82 bits per heavy atom. The number of terminal acetylenes is 2. The van der Waals surface area contributed by atoms with Gasteiger partial charge < -0.3 is 0 Å². The van der Waals surface area contributed by atoms with Gasteiger partial charge in [-0.2, -0.15) is 0 Å². The molecule has 1 aliphatic carbocycles. The first-order valence-electron chi connectivity index (χ1n) is 5.45. The molecule has 1 aliphatic rings. The van der Waals surface area contributed by atoms with E-state index in [-0.39, 0.29) is 9.13 Å². The minimum atomic E-state index is 0.0560. The van der Waals surface area contributed by atoms with Crippen LogP contribution in [0, 0.1) is 24.7 Å². The third-order valence-corrected chi connectivity index (χ3v) is 4.24. The van der Waals surface area contributed by atoms with Crippen molar-refractivity contribution in [2.45, 2.75) is 6.42 Å². The van der Waals surface area contributed by atoms with Gasteiger partial charge in [-0.25, -0.2) is 0 Å². The number of hydrogen-bond acceptors (Lipinski definition) is 0. The van der Waals surface area contributed by atoms with Crippen molar-refractivity contribution in [3.8, 4) is 24.7 Å². The summed E-state index contributed by atoms with van der Waals surface area (Å²) in [5.74, 6) is 5.41. The lowest BCUT2D eigenvalue weighted by molar-refractivity contribution is 1.44. The molecule has 0 amide bonds. The van der Waals surface area contributed by atoms with Gasteiger partial charge in [0.25, 0.3) is 0 Å². The molecule has 1 aromatic rings. The Hall–Kier alpha value is -2.09. The number of rotatable bonds is 1. The summed E-state index contributed by atoms with van der Waals surface area (Å²) in [7, 11) is 0.0560. The van der Waals surface area contributed by atoms with Crippen molar-refractivity contribution in [2.24, 2.45) is 0 Å². The zero-order valence-corrected chi connectivity index (χ0v) is 10.6. The standard InChI is InChI=1S/C16H12Si/c1-3-13-9-8-12-16(15(13)4-2)17-14-10-6-5-7-11-14/h1-2,5-11,17H,12H2. The molecule has 0 spiro atoms. The van der Waals surface area contributed by atoms with Crippen LogP contribution >= 0.6 is 0 Å². The highest BCUT2D eigenvalue weighted by atomic mass is 28.2. The zero-order valence-electron chi connectivity index (χ0n) is 9.48. The lowest BCUT2D eigenvalue weighted by atomic mass is 9.98. The van der Waals surface area contributed by atoms with E-state index in [9.17, 15) is 0 Å². The number of allylic oxidation sites excluding steroid dienone is 4. The van der Waals surface area contributed by atoms with E-state index in [4.69, 9.17) is 12.8 Å². The first kappa shape index (κ1) is 11.4. The predicted octanol–water partition coefficient (Wildman–Crippen LogP) is 1.44. The average Bonchev–Trinajstić information content (AvgIpc) is 2.39. The molecule has 0 bridgehead atoms.